The minimum absolute atomic E-state index is 0.239. The van der Waals surface area contributed by atoms with Crippen LogP contribution in [-0.2, 0) is 4.79 Å². The van der Waals surface area contributed by atoms with Gasteiger partial charge in [0, 0.05) is 19.5 Å². The molecule has 1 atom stereocenters. The second kappa shape index (κ2) is 7.39. The molecular formula is C11H20ClNOS. The quantitative estimate of drug-likeness (QED) is 0.533. The SMILES string of the molecule is CN(CCCCCCl)C(=O)C1CCCS1. The molecule has 0 aromatic rings. The lowest BCUT2D eigenvalue weighted by Gasteiger charge is -2.20. The van der Waals surface area contributed by atoms with Crippen LogP contribution < -0.4 is 0 Å². The summed E-state index contributed by atoms with van der Waals surface area (Å²) in [5.41, 5.74) is 0. The molecule has 4 heteroatoms. The van der Waals surface area contributed by atoms with Crippen molar-refractivity contribution in [1.29, 1.82) is 0 Å². The van der Waals surface area contributed by atoms with Gasteiger partial charge in [-0.2, -0.15) is 0 Å². The number of nitrogens with zero attached hydrogens (tertiary/aromatic N) is 1. The van der Waals surface area contributed by atoms with Gasteiger partial charge in [0.2, 0.25) is 5.91 Å². The van der Waals surface area contributed by atoms with Gasteiger partial charge in [0.1, 0.15) is 0 Å². The van der Waals surface area contributed by atoms with E-state index < -0.39 is 0 Å². The molecule has 0 bridgehead atoms. The van der Waals surface area contributed by atoms with Crippen LogP contribution in [0.2, 0.25) is 0 Å². The number of hydrogen-bond donors (Lipinski definition) is 0. The van der Waals surface area contributed by atoms with Crippen molar-refractivity contribution in [3.63, 3.8) is 0 Å². The van der Waals surface area contributed by atoms with E-state index in [-0.39, 0.29) is 5.25 Å². The van der Waals surface area contributed by atoms with Crippen LogP contribution in [0.3, 0.4) is 0 Å². The van der Waals surface area contributed by atoms with Gasteiger partial charge in [-0.15, -0.1) is 23.4 Å². The van der Waals surface area contributed by atoms with Crippen molar-refractivity contribution in [2.24, 2.45) is 0 Å². The van der Waals surface area contributed by atoms with Gasteiger partial charge in [-0.25, -0.2) is 0 Å². The van der Waals surface area contributed by atoms with Crippen molar-refractivity contribution < 1.29 is 4.79 Å². The average molecular weight is 250 g/mol. The number of rotatable bonds is 6. The van der Waals surface area contributed by atoms with E-state index in [1.54, 1.807) is 0 Å². The summed E-state index contributed by atoms with van der Waals surface area (Å²) in [6, 6.07) is 0. The van der Waals surface area contributed by atoms with Crippen LogP contribution in [0.5, 0.6) is 0 Å². The van der Waals surface area contributed by atoms with Gasteiger partial charge in [-0.1, -0.05) is 6.42 Å². The highest BCUT2D eigenvalue weighted by molar-refractivity contribution is 8.00. The van der Waals surface area contributed by atoms with Crippen LogP contribution in [0, 0.1) is 0 Å². The smallest absolute Gasteiger partial charge is 0.235 e. The Morgan fingerprint density at radius 2 is 2.27 bits per heavy atom. The third-order valence-corrected chi connectivity index (χ3v) is 4.34. The number of carbonyl (C=O) groups excluding carboxylic acids is 1. The highest BCUT2D eigenvalue weighted by Crippen LogP contribution is 2.27. The summed E-state index contributed by atoms with van der Waals surface area (Å²) in [5, 5.41) is 0.239. The van der Waals surface area contributed by atoms with Crippen molar-refractivity contribution >= 4 is 29.3 Å². The number of hydrogen-bond acceptors (Lipinski definition) is 2. The van der Waals surface area contributed by atoms with Crippen LogP contribution in [0.15, 0.2) is 0 Å². The number of alkyl halides is 1. The minimum atomic E-state index is 0.239. The van der Waals surface area contributed by atoms with Gasteiger partial charge in [0.15, 0.2) is 0 Å². The summed E-state index contributed by atoms with van der Waals surface area (Å²) >= 11 is 7.41. The van der Waals surface area contributed by atoms with E-state index in [1.165, 1.54) is 6.42 Å². The third-order valence-electron chi connectivity index (χ3n) is 2.71. The molecule has 0 aromatic carbocycles. The van der Waals surface area contributed by atoms with Crippen LogP contribution in [-0.4, -0.2) is 41.3 Å². The molecule has 0 spiro atoms. The maximum atomic E-state index is 11.9. The lowest BCUT2D eigenvalue weighted by atomic mass is 10.2. The lowest BCUT2D eigenvalue weighted by molar-refractivity contribution is -0.129. The summed E-state index contributed by atoms with van der Waals surface area (Å²) in [4.78, 5) is 13.8. The van der Waals surface area contributed by atoms with Gasteiger partial charge in [-0.3, -0.25) is 4.79 Å². The Balaban J connectivity index is 2.14. The second-order valence-corrected chi connectivity index (χ2v) is 5.70. The largest absolute Gasteiger partial charge is 0.345 e. The predicted molar refractivity (Wildman–Crippen MR) is 67.7 cm³/mol. The van der Waals surface area contributed by atoms with Crippen LogP contribution >= 0.6 is 23.4 Å². The number of thioether (sulfide) groups is 1. The molecule has 1 amide bonds. The van der Waals surface area contributed by atoms with E-state index >= 15 is 0 Å². The molecule has 1 aliphatic rings. The zero-order chi connectivity index (χ0) is 11.1. The van der Waals surface area contributed by atoms with Crippen molar-refractivity contribution in [2.75, 3.05) is 25.2 Å². The first-order valence-corrected chi connectivity index (χ1v) is 7.26. The molecule has 1 unspecified atom stereocenters. The summed E-state index contributed by atoms with van der Waals surface area (Å²) < 4.78 is 0. The summed E-state index contributed by atoms with van der Waals surface area (Å²) in [6.45, 7) is 0.882. The van der Waals surface area contributed by atoms with Crippen LogP contribution in [0.25, 0.3) is 0 Å². The molecule has 1 fully saturated rings. The number of carbonyl (C=O) groups is 1. The zero-order valence-corrected chi connectivity index (χ0v) is 10.9. The van der Waals surface area contributed by atoms with Crippen LogP contribution in [0.1, 0.15) is 32.1 Å². The Labute approximate surface area is 102 Å². The lowest BCUT2D eigenvalue weighted by Crippen LogP contribution is -2.34. The second-order valence-electron chi connectivity index (χ2n) is 4.01. The highest BCUT2D eigenvalue weighted by atomic mass is 35.5. The number of halogens is 1. The molecule has 0 aromatic heterocycles. The maximum absolute atomic E-state index is 11.9. The molecule has 88 valence electrons. The van der Waals surface area contributed by atoms with Crippen LogP contribution in [0.4, 0.5) is 0 Å². The molecule has 0 aliphatic carbocycles. The summed E-state index contributed by atoms with van der Waals surface area (Å²) in [6.07, 6.45) is 5.52. The van der Waals surface area contributed by atoms with E-state index in [0.717, 1.165) is 43.9 Å². The monoisotopic (exact) mass is 249 g/mol. The van der Waals surface area contributed by atoms with Crippen molar-refractivity contribution in [3.05, 3.63) is 0 Å². The Morgan fingerprint density at radius 3 is 2.87 bits per heavy atom. The zero-order valence-electron chi connectivity index (χ0n) is 9.38. The van der Waals surface area contributed by atoms with E-state index in [2.05, 4.69) is 0 Å². The van der Waals surface area contributed by atoms with E-state index in [9.17, 15) is 4.79 Å². The fourth-order valence-corrected chi connectivity index (χ4v) is 3.21. The molecular weight excluding hydrogens is 230 g/mol. The normalized spacial score (nSPS) is 20.5. The summed E-state index contributed by atoms with van der Waals surface area (Å²) in [5.74, 6) is 2.20. The summed E-state index contributed by atoms with van der Waals surface area (Å²) in [7, 11) is 1.92. The first kappa shape index (κ1) is 13.2. The molecule has 1 heterocycles. The standard InChI is InChI=1S/C11H20ClNOS/c1-13(8-4-2-3-7-12)11(14)10-6-5-9-15-10/h10H,2-9H2,1H3. The Hall–Kier alpha value is 0.110. The molecule has 1 rings (SSSR count). The fourth-order valence-electron chi connectivity index (χ4n) is 1.75. The van der Waals surface area contributed by atoms with E-state index in [4.69, 9.17) is 11.6 Å². The maximum Gasteiger partial charge on any atom is 0.235 e. The van der Waals surface area contributed by atoms with Gasteiger partial charge in [-0.05, 0) is 31.4 Å². The molecule has 2 nitrogen and oxygen atoms in total. The first-order chi connectivity index (χ1) is 7.25. The molecule has 1 saturated heterocycles. The Bertz CT molecular complexity index is 195. The van der Waals surface area contributed by atoms with Gasteiger partial charge in [0.05, 0.1) is 5.25 Å². The average Bonchev–Trinajstić information content (AvgIpc) is 2.76. The number of amides is 1. The van der Waals surface area contributed by atoms with Gasteiger partial charge < -0.3 is 4.90 Å². The third kappa shape index (κ3) is 4.64. The minimum Gasteiger partial charge on any atom is -0.345 e. The van der Waals surface area contributed by atoms with Crippen molar-refractivity contribution in [2.45, 2.75) is 37.4 Å². The predicted octanol–water partition coefficient (Wildman–Crippen LogP) is 2.75. The first-order valence-electron chi connectivity index (χ1n) is 5.68. The van der Waals surface area contributed by atoms with Crippen molar-refractivity contribution in [3.8, 4) is 0 Å². The fraction of sp³-hybridized carbons (Fsp3) is 0.909. The molecule has 15 heavy (non-hydrogen) atoms. The molecule has 0 radical (unpaired) electrons. The Kier molecular flexibility index (Phi) is 6.50. The highest BCUT2D eigenvalue weighted by Gasteiger charge is 2.25. The van der Waals surface area contributed by atoms with E-state index in [1.807, 2.05) is 23.7 Å². The topological polar surface area (TPSA) is 20.3 Å². The molecule has 1 aliphatic heterocycles. The molecule has 0 N–H and O–H groups in total. The van der Waals surface area contributed by atoms with Crippen molar-refractivity contribution in [1.82, 2.24) is 4.90 Å². The van der Waals surface area contributed by atoms with Gasteiger partial charge >= 0.3 is 0 Å². The van der Waals surface area contributed by atoms with Gasteiger partial charge in [0.25, 0.3) is 0 Å². The number of unbranched alkanes of at least 4 members (excludes halogenated alkanes) is 2. The molecule has 0 saturated carbocycles. The van der Waals surface area contributed by atoms with E-state index in [0.29, 0.717) is 5.91 Å². The Morgan fingerprint density at radius 1 is 1.47 bits per heavy atom.